The Morgan fingerprint density at radius 3 is 2.22 bits per heavy atom. The van der Waals surface area contributed by atoms with Crippen molar-refractivity contribution in [3.63, 3.8) is 0 Å². The molecule has 96 valence electrons. The van der Waals surface area contributed by atoms with Gasteiger partial charge in [0.2, 0.25) is 0 Å². The van der Waals surface area contributed by atoms with Gasteiger partial charge in [0.25, 0.3) is 0 Å². The molecule has 3 N–H and O–H groups in total. The molecule has 2 rings (SSSR count). The number of H-pyrrole nitrogens is 1. The van der Waals surface area contributed by atoms with Gasteiger partial charge in [-0.25, -0.2) is 4.98 Å². The highest BCUT2D eigenvalue weighted by atomic mass is 16.5. The molecule has 0 amide bonds. The molecule has 2 aromatic rings. The van der Waals surface area contributed by atoms with E-state index in [4.69, 9.17) is 15.2 Å². The number of methoxy groups -OCH3 is 2. The van der Waals surface area contributed by atoms with Crippen LogP contribution in [0.2, 0.25) is 0 Å². The van der Waals surface area contributed by atoms with Crippen LogP contribution in [0.25, 0.3) is 11.4 Å². The maximum atomic E-state index is 5.80. The fraction of sp³-hybridized carbons (Fsp3) is 0.308. The molecule has 1 unspecified atom stereocenters. The molecule has 0 aliphatic heterocycles. The van der Waals surface area contributed by atoms with Crippen LogP contribution in [0.4, 0.5) is 0 Å². The number of rotatable bonds is 4. The molecule has 0 aliphatic carbocycles. The van der Waals surface area contributed by atoms with E-state index in [1.165, 1.54) is 0 Å². The van der Waals surface area contributed by atoms with Crippen molar-refractivity contribution in [1.82, 2.24) is 9.97 Å². The lowest BCUT2D eigenvalue weighted by molar-refractivity contribution is 0.394. The average Bonchev–Trinajstić information content (AvgIpc) is 2.87. The molecule has 1 aromatic carbocycles. The summed E-state index contributed by atoms with van der Waals surface area (Å²) in [5, 5.41) is 0. The molecule has 0 saturated carbocycles. The minimum absolute atomic E-state index is 0.0706. The third-order valence-electron chi connectivity index (χ3n) is 2.71. The first-order valence-corrected chi connectivity index (χ1v) is 5.68. The topological polar surface area (TPSA) is 73.2 Å². The second-order valence-electron chi connectivity index (χ2n) is 4.08. The largest absolute Gasteiger partial charge is 0.497 e. The molecule has 0 saturated heterocycles. The van der Waals surface area contributed by atoms with E-state index in [1.54, 1.807) is 20.4 Å². The molecule has 0 bridgehead atoms. The molecule has 1 aromatic heterocycles. The molecule has 5 heteroatoms. The minimum Gasteiger partial charge on any atom is -0.497 e. The Hall–Kier alpha value is -2.01. The van der Waals surface area contributed by atoms with Crippen LogP contribution in [0.1, 0.15) is 18.7 Å². The fourth-order valence-corrected chi connectivity index (χ4v) is 1.66. The zero-order valence-electron chi connectivity index (χ0n) is 10.7. The number of ether oxygens (including phenoxy) is 2. The summed E-state index contributed by atoms with van der Waals surface area (Å²) in [6.07, 6.45) is 1.74. The van der Waals surface area contributed by atoms with Gasteiger partial charge in [-0.3, -0.25) is 0 Å². The van der Waals surface area contributed by atoms with Gasteiger partial charge in [-0.2, -0.15) is 0 Å². The first-order chi connectivity index (χ1) is 8.63. The zero-order chi connectivity index (χ0) is 13.1. The number of nitrogens with zero attached hydrogens (tertiary/aromatic N) is 1. The highest BCUT2D eigenvalue weighted by Gasteiger charge is 2.09. The van der Waals surface area contributed by atoms with Crippen molar-refractivity contribution in [2.45, 2.75) is 13.0 Å². The van der Waals surface area contributed by atoms with Gasteiger partial charge in [0.05, 0.1) is 26.1 Å². The van der Waals surface area contributed by atoms with Gasteiger partial charge in [-0.1, -0.05) is 0 Å². The standard InChI is InChI=1S/C13H17N3O2/c1-8(14)12-7-15-13(16-12)9-4-10(17-2)6-11(5-9)18-3/h4-8H,14H2,1-3H3,(H,15,16). The number of hydrogen-bond donors (Lipinski definition) is 2. The number of nitrogens with one attached hydrogen (secondary N) is 1. The molecule has 0 aliphatic rings. The van der Waals surface area contributed by atoms with E-state index >= 15 is 0 Å². The van der Waals surface area contributed by atoms with Gasteiger partial charge in [0.15, 0.2) is 0 Å². The predicted molar refractivity (Wildman–Crippen MR) is 69.7 cm³/mol. The maximum Gasteiger partial charge on any atom is 0.137 e. The van der Waals surface area contributed by atoms with Crippen LogP contribution in [-0.4, -0.2) is 24.2 Å². The van der Waals surface area contributed by atoms with Crippen molar-refractivity contribution in [3.05, 3.63) is 30.1 Å². The van der Waals surface area contributed by atoms with Gasteiger partial charge in [-0.05, 0) is 19.1 Å². The van der Waals surface area contributed by atoms with E-state index in [0.29, 0.717) is 0 Å². The third kappa shape index (κ3) is 2.46. The first-order valence-electron chi connectivity index (χ1n) is 5.68. The minimum atomic E-state index is -0.0706. The highest BCUT2D eigenvalue weighted by Crippen LogP contribution is 2.28. The van der Waals surface area contributed by atoms with Crippen LogP contribution < -0.4 is 15.2 Å². The molecule has 5 nitrogen and oxygen atoms in total. The van der Waals surface area contributed by atoms with Crippen LogP contribution in [0.15, 0.2) is 24.4 Å². The van der Waals surface area contributed by atoms with Crippen LogP contribution in [-0.2, 0) is 0 Å². The van der Waals surface area contributed by atoms with Crippen molar-refractivity contribution >= 4 is 0 Å². The maximum absolute atomic E-state index is 5.80. The summed E-state index contributed by atoms with van der Waals surface area (Å²) in [5.74, 6) is 2.20. The van der Waals surface area contributed by atoms with E-state index < -0.39 is 0 Å². The number of aromatic nitrogens is 2. The Kier molecular flexibility index (Phi) is 3.53. The van der Waals surface area contributed by atoms with Gasteiger partial charge in [0.1, 0.15) is 17.3 Å². The second-order valence-corrected chi connectivity index (χ2v) is 4.08. The van der Waals surface area contributed by atoms with Crippen molar-refractivity contribution in [1.29, 1.82) is 0 Å². The Labute approximate surface area is 106 Å². The van der Waals surface area contributed by atoms with E-state index in [1.807, 2.05) is 25.1 Å². The lowest BCUT2D eigenvalue weighted by atomic mass is 10.2. The summed E-state index contributed by atoms with van der Waals surface area (Å²) < 4.78 is 10.5. The van der Waals surface area contributed by atoms with Crippen molar-refractivity contribution in [3.8, 4) is 22.9 Å². The molecular weight excluding hydrogens is 230 g/mol. The van der Waals surface area contributed by atoms with Crippen molar-refractivity contribution in [2.75, 3.05) is 14.2 Å². The van der Waals surface area contributed by atoms with Crippen LogP contribution >= 0.6 is 0 Å². The number of hydrogen-bond acceptors (Lipinski definition) is 4. The highest BCUT2D eigenvalue weighted by molar-refractivity contribution is 5.61. The Bertz CT molecular complexity index is 513. The molecular formula is C13H17N3O2. The number of benzene rings is 1. The van der Waals surface area contributed by atoms with Gasteiger partial charge >= 0.3 is 0 Å². The number of aromatic amines is 1. The summed E-state index contributed by atoms with van der Waals surface area (Å²) in [4.78, 5) is 7.50. The summed E-state index contributed by atoms with van der Waals surface area (Å²) in [5.41, 5.74) is 7.59. The average molecular weight is 247 g/mol. The van der Waals surface area contributed by atoms with E-state index in [2.05, 4.69) is 9.97 Å². The van der Waals surface area contributed by atoms with Crippen molar-refractivity contribution in [2.24, 2.45) is 5.73 Å². The lowest BCUT2D eigenvalue weighted by Gasteiger charge is -2.07. The van der Waals surface area contributed by atoms with E-state index in [-0.39, 0.29) is 6.04 Å². The predicted octanol–water partition coefficient (Wildman–Crippen LogP) is 2.11. The SMILES string of the molecule is COc1cc(OC)cc(-c2ncc(C(C)N)[nH]2)c1. The van der Waals surface area contributed by atoms with Gasteiger partial charge in [0, 0.05) is 17.7 Å². The van der Waals surface area contributed by atoms with E-state index in [0.717, 1.165) is 28.6 Å². The Morgan fingerprint density at radius 1 is 1.17 bits per heavy atom. The van der Waals surface area contributed by atoms with Gasteiger partial charge < -0.3 is 20.2 Å². The zero-order valence-corrected chi connectivity index (χ0v) is 10.7. The molecule has 0 spiro atoms. The lowest BCUT2D eigenvalue weighted by Crippen LogP contribution is -2.04. The molecule has 0 radical (unpaired) electrons. The summed E-state index contributed by atoms with van der Waals surface area (Å²) >= 11 is 0. The summed E-state index contributed by atoms with van der Waals surface area (Å²) in [7, 11) is 3.24. The van der Waals surface area contributed by atoms with Crippen LogP contribution in [0, 0.1) is 0 Å². The third-order valence-corrected chi connectivity index (χ3v) is 2.71. The second kappa shape index (κ2) is 5.10. The monoisotopic (exact) mass is 247 g/mol. The number of imidazole rings is 1. The van der Waals surface area contributed by atoms with E-state index in [9.17, 15) is 0 Å². The summed E-state index contributed by atoms with van der Waals surface area (Å²) in [6, 6.07) is 5.54. The Balaban J connectivity index is 2.42. The van der Waals surface area contributed by atoms with Crippen molar-refractivity contribution < 1.29 is 9.47 Å². The molecule has 0 fully saturated rings. The molecule has 18 heavy (non-hydrogen) atoms. The molecule has 1 heterocycles. The van der Waals surface area contributed by atoms with Gasteiger partial charge in [-0.15, -0.1) is 0 Å². The molecule has 1 atom stereocenters. The normalized spacial score (nSPS) is 12.2. The van der Waals surface area contributed by atoms with Crippen LogP contribution in [0.5, 0.6) is 11.5 Å². The Morgan fingerprint density at radius 2 is 1.78 bits per heavy atom. The first kappa shape index (κ1) is 12.4. The quantitative estimate of drug-likeness (QED) is 0.867. The fourth-order valence-electron chi connectivity index (χ4n) is 1.66. The van der Waals surface area contributed by atoms with Crippen LogP contribution in [0.3, 0.4) is 0 Å². The smallest absolute Gasteiger partial charge is 0.137 e. The summed E-state index contributed by atoms with van der Waals surface area (Å²) in [6.45, 7) is 1.91. The number of nitrogens with two attached hydrogens (primary N) is 1.